The summed E-state index contributed by atoms with van der Waals surface area (Å²) >= 11 is 0. The average molecular weight is 283 g/mol. The quantitative estimate of drug-likeness (QED) is 0.630. The number of rotatable bonds is 6. The van der Waals surface area contributed by atoms with Crippen molar-refractivity contribution in [3.05, 3.63) is 42.5 Å². The first-order chi connectivity index (χ1) is 8.84. The molecule has 0 spiro atoms. The van der Waals surface area contributed by atoms with E-state index < -0.39 is 16.1 Å². The van der Waals surface area contributed by atoms with Gasteiger partial charge in [0.1, 0.15) is 0 Å². The van der Waals surface area contributed by atoms with E-state index in [1.807, 2.05) is 0 Å². The van der Waals surface area contributed by atoms with Gasteiger partial charge >= 0.3 is 0 Å². The van der Waals surface area contributed by atoms with Crippen LogP contribution in [0.25, 0.3) is 0 Å². The van der Waals surface area contributed by atoms with E-state index in [0.29, 0.717) is 12.0 Å². The number of nitrogens with two attached hydrogens (primary N) is 2. The zero-order chi connectivity index (χ0) is 14.5. The van der Waals surface area contributed by atoms with Crippen molar-refractivity contribution >= 4 is 15.9 Å². The summed E-state index contributed by atoms with van der Waals surface area (Å²) in [5, 5.41) is 7.64. The van der Waals surface area contributed by atoms with Gasteiger partial charge < -0.3 is 11.1 Å². The van der Waals surface area contributed by atoms with E-state index in [4.69, 9.17) is 10.9 Å². The SMILES string of the molecule is C=CCC(N)C(=O)NCc1cccc(S(N)(=O)=O)c1. The fraction of sp³-hybridized carbons (Fsp3) is 0.250. The van der Waals surface area contributed by atoms with Crippen LogP contribution in [0, 0.1) is 0 Å². The second-order valence-electron chi connectivity index (χ2n) is 4.04. The highest BCUT2D eigenvalue weighted by atomic mass is 32.2. The summed E-state index contributed by atoms with van der Waals surface area (Å²) in [6, 6.07) is 5.40. The molecule has 1 rings (SSSR count). The molecular weight excluding hydrogens is 266 g/mol. The lowest BCUT2D eigenvalue weighted by atomic mass is 10.2. The van der Waals surface area contributed by atoms with Gasteiger partial charge in [-0.05, 0) is 24.1 Å². The van der Waals surface area contributed by atoms with Gasteiger partial charge in [-0.25, -0.2) is 13.6 Å². The molecule has 1 unspecified atom stereocenters. The third kappa shape index (κ3) is 4.82. The number of amides is 1. The van der Waals surface area contributed by atoms with Crippen LogP contribution in [-0.2, 0) is 21.4 Å². The number of benzene rings is 1. The van der Waals surface area contributed by atoms with Gasteiger partial charge in [0, 0.05) is 6.54 Å². The maximum Gasteiger partial charge on any atom is 0.238 e. The predicted octanol–water partition coefficient (Wildman–Crippen LogP) is -0.146. The molecule has 0 saturated heterocycles. The second-order valence-corrected chi connectivity index (χ2v) is 5.60. The van der Waals surface area contributed by atoms with Crippen LogP contribution < -0.4 is 16.2 Å². The summed E-state index contributed by atoms with van der Waals surface area (Å²) < 4.78 is 22.4. The van der Waals surface area contributed by atoms with Gasteiger partial charge in [0.25, 0.3) is 0 Å². The molecule has 5 N–H and O–H groups in total. The molecule has 0 bridgehead atoms. The van der Waals surface area contributed by atoms with E-state index >= 15 is 0 Å². The first-order valence-electron chi connectivity index (χ1n) is 5.60. The standard InChI is InChI=1S/C12H17N3O3S/c1-2-4-11(13)12(16)15-8-9-5-3-6-10(7-9)19(14,17)18/h2-3,5-7,11H,1,4,8,13H2,(H,15,16)(H2,14,17,18). The van der Waals surface area contributed by atoms with Gasteiger partial charge in [-0.1, -0.05) is 18.2 Å². The number of carbonyl (C=O) groups is 1. The van der Waals surface area contributed by atoms with Crippen LogP contribution in [0.2, 0.25) is 0 Å². The molecule has 6 nitrogen and oxygen atoms in total. The molecule has 1 aromatic carbocycles. The number of hydrogen-bond acceptors (Lipinski definition) is 4. The summed E-state index contributed by atoms with van der Waals surface area (Å²) in [5.74, 6) is -0.319. The van der Waals surface area contributed by atoms with Crippen molar-refractivity contribution in [2.24, 2.45) is 10.9 Å². The minimum absolute atomic E-state index is 0.00892. The van der Waals surface area contributed by atoms with E-state index in [1.54, 1.807) is 18.2 Å². The molecule has 1 aromatic rings. The van der Waals surface area contributed by atoms with E-state index in [2.05, 4.69) is 11.9 Å². The minimum Gasteiger partial charge on any atom is -0.351 e. The van der Waals surface area contributed by atoms with Gasteiger partial charge in [0.05, 0.1) is 10.9 Å². The summed E-state index contributed by atoms with van der Waals surface area (Å²) in [7, 11) is -3.74. The summed E-state index contributed by atoms with van der Waals surface area (Å²) in [6.07, 6.45) is 1.94. The van der Waals surface area contributed by atoms with Crippen molar-refractivity contribution < 1.29 is 13.2 Å². The molecule has 1 atom stereocenters. The fourth-order valence-electron chi connectivity index (χ4n) is 1.44. The van der Waals surface area contributed by atoms with Gasteiger partial charge in [0.15, 0.2) is 0 Å². The van der Waals surface area contributed by atoms with Gasteiger partial charge in [-0.15, -0.1) is 6.58 Å². The lowest BCUT2D eigenvalue weighted by Crippen LogP contribution is -2.39. The van der Waals surface area contributed by atoms with E-state index in [0.717, 1.165) is 0 Å². The van der Waals surface area contributed by atoms with Gasteiger partial charge in [-0.3, -0.25) is 4.79 Å². The first-order valence-corrected chi connectivity index (χ1v) is 7.15. The number of sulfonamides is 1. The number of hydrogen-bond donors (Lipinski definition) is 3. The highest BCUT2D eigenvalue weighted by molar-refractivity contribution is 7.89. The van der Waals surface area contributed by atoms with E-state index in [-0.39, 0.29) is 17.3 Å². The molecule has 0 saturated carbocycles. The van der Waals surface area contributed by atoms with Crippen LogP contribution in [0.5, 0.6) is 0 Å². The molecule has 0 aliphatic rings. The van der Waals surface area contributed by atoms with Crippen LogP contribution >= 0.6 is 0 Å². The van der Waals surface area contributed by atoms with Crippen LogP contribution in [0.1, 0.15) is 12.0 Å². The summed E-state index contributed by atoms with van der Waals surface area (Å²) in [6.45, 7) is 3.69. The van der Waals surface area contributed by atoms with Crippen molar-refractivity contribution in [2.75, 3.05) is 0 Å². The Morgan fingerprint density at radius 1 is 1.47 bits per heavy atom. The molecule has 0 heterocycles. The topological polar surface area (TPSA) is 115 Å². The predicted molar refractivity (Wildman–Crippen MR) is 72.5 cm³/mol. The van der Waals surface area contributed by atoms with E-state index in [1.165, 1.54) is 12.1 Å². The smallest absolute Gasteiger partial charge is 0.238 e. The lowest BCUT2D eigenvalue weighted by Gasteiger charge is -2.10. The minimum atomic E-state index is -3.74. The molecular formula is C12H17N3O3S. The Balaban J connectivity index is 2.69. The van der Waals surface area contributed by atoms with Crippen molar-refractivity contribution in [1.82, 2.24) is 5.32 Å². The molecule has 1 amide bonds. The highest BCUT2D eigenvalue weighted by Crippen LogP contribution is 2.09. The third-order valence-electron chi connectivity index (χ3n) is 2.45. The Morgan fingerprint density at radius 2 is 2.16 bits per heavy atom. The number of carbonyl (C=O) groups excluding carboxylic acids is 1. The average Bonchev–Trinajstić information content (AvgIpc) is 2.35. The van der Waals surface area contributed by atoms with Crippen LogP contribution in [0.4, 0.5) is 0 Å². The molecule has 104 valence electrons. The van der Waals surface area contributed by atoms with Crippen molar-refractivity contribution in [1.29, 1.82) is 0 Å². The zero-order valence-electron chi connectivity index (χ0n) is 10.4. The van der Waals surface area contributed by atoms with Crippen LogP contribution in [0.15, 0.2) is 41.8 Å². The van der Waals surface area contributed by atoms with Crippen LogP contribution in [-0.4, -0.2) is 20.4 Å². The molecule has 0 fully saturated rings. The fourth-order valence-corrected chi connectivity index (χ4v) is 2.02. The van der Waals surface area contributed by atoms with E-state index in [9.17, 15) is 13.2 Å². The Morgan fingerprint density at radius 3 is 2.74 bits per heavy atom. The zero-order valence-corrected chi connectivity index (χ0v) is 11.2. The Bertz CT molecular complexity index is 569. The maximum atomic E-state index is 11.6. The molecule has 7 heteroatoms. The maximum absolute atomic E-state index is 11.6. The van der Waals surface area contributed by atoms with Crippen molar-refractivity contribution in [3.63, 3.8) is 0 Å². The highest BCUT2D eigenvalue weighted by Gasteiger charge is 2.12. The molecule has 0 radical (unpaired) electrons. The Kier molecular flexibility index (Phi) is 5.22. The van der Waals surface area contributed by atoms with Gasteiger partial charge in [0.2, 0.25) is 15.9 Å². The van der Waals surface area contributed by atoms with Crippen LogP contribution in [0.3, 0.4) is 0 Å². The molecule has 0 aliphatic heterocycles. The normalized spacial score (nSPS) is 12.7. The molecule has 0 aliphatic carbocycles. The monoisotopic (exact) mass is 283 g/mol. The summed E-state index contributed by atoms with van der Waals surface area (Å²) in [4.78, 5) is 11.6. The first kappa shape index (κ1) is 15.4. The second kappa shape index (κ2) is 6.46. The number of nitrogens with one attached hydrogen (secondary N) is 1. The molecule has 0 aromatic heterocycles. The Labute approximate surface area is 112 Å². The van der Waals surface area contributed by atoms with Crippen molar-refractivity contribution in [3.8, 4) is 0 Å². The summed E-state index contributed by atoms with van der Waals surface area (Å²) in [5.41, 5.74) is 6.22. The largest absolute Gasteiger partial charge is 0.351 e. The Hall–Kier alpha value is -1.70. The number of primary sulfonamides is 1. The molecule has 19 heavy (non-hydrogen) atoms. The van der Waals surface area contributed by atoms with Crippen molar-refractivity contribution in [2.45, 2.75) is 23.9 Å². The third-order valence-corrected chi connectivity index (χ3v) is 3.36. The lowest BCUT2D eigenvalue weighted by molar-refractivity contribution is -0.122. The van der Waals surface area contributed by atoms with Gasteiger partial charge in [-0.2, -0.15) is 0 Å².